The Labute approximate surface area is 73.4 Å². The van der Waals surface area contributed by atoms with Crippen molar-refractivity contribution in [3.8, 4) is 0 Å². The molecule has 3 nitrogen and oxygen atoms in total. The highest BCUT2D eigenvalue weighted by molar-refractivity contribution is 4.90. The molecule has 0 aromatic carbocycles. The maximum absolute atomic E-state index is 5.42. The predicted octanol–water partition coefficient (Wildman–Crippen LogP) is 0.546. The Bertz CT molecular complexity index is 133. The molecule has 0 aliphatic carbocycles. The van der Waals surface area contributed by atoms with Crippen LogP contribution in [0.2, 0.25) is 0 Å². The van der Waals surface area contributed by atoms with Gasteiger partial charge in [-0.3, -0.25) is 0 Å². The lowest BCUT2D eigenvalue weighted by molar-refractivity contribution is 0.0340. The maximum atomic E-state index is 5.42. The van der Waals surface area contributed by atoms with Crippen molar-refractivity contribution >= 4 is 0 Å². The van der Waals surface area contributed by atoms with E-state index in [0.29, 0.717) is 5.54 Å². The first-order chi connectivity index (χ1) is 5.91. The van der Waals surface area contributed by atoms with E-state index in [1.54, 1.807) is 0 Å². The van der Waals surface area contributed by atoms with Crippen LogP contribution < -0.4 is 5.32 Å². The molecule has 0 atom stereocenters. The average Bonchev–Trinajstić information content (AvgIpc) is 2.33. The number of nitrogens with one attached hydrogen (secondary N) is 1. The van der Waals surface area contributed by atoms with Crippen molar-refractivity contribution in [1.82, 2.24) is 5.32 Å². The first-order valence-electron chi connectivity index (χ1n) is 4.82. The number of hydrogen-bond acceptors (Lipinski definition) is 3. The molecule has 0 radical (unpaired) electrons. The van der Waals surface area contributed by atoms with Crippen molar-refractivity contribution in [3.63, 3.8) is 0 Å². The Morgan fingerprint density at radius 2 is 1.42 bits per heavy atom. The summed E-state index contributed by atoms with van der Waals surface area (Å²) in [7, 11) is 0. The molecule has 2 fully saturated rings. The van der Waals surface area contributed by atoms with E-state index in [1.165, 1.54) is 0 Å². The minimum absolute atomic E-state index is 0.342. The van der Waals surface area contributed by atoms with E-state index in [4.69, 9.17) is 9.47 Å². The van der Waals surface area contributed by atoms with Crippen molar-refractivity contribution in [1.29, 1.82) is 0 Å². The van der Waals surface area contributed by atoms with Crippen LogP contribution >= 0.6 is 0 Å². The largest absolute Gasteiger partial charge is 0.381 e. The van der Waals surface area contributed by atoms with Crippen molar-refractivity contribution in [3.05, 3.63) is 0 Å². The van der Waals surface area contributed by atoms with E-state index in [9.17, 15) is 0 Å². The molecule has 2 aliphatic rings. The van der Waals surface area contributed by atoms with Gasteiger partial charge in [0.15, 0.2) is 0 Å². The molecule has 2 saturated heterocycles. The lowest BCUT2D eigenvalue weighted by Gasteiger charge is -2.36. The molecule has 1 N–H and O–H groups in total. The summed E-state index contributed by atoms with van der Waals surface area (Å²) >= 11 is 0. The highest BCUT2D eigenvalue weighted by atomic mass is 16.5. The van der Waals surface area contributed by atoms with Gasteiger partial charge >= 0.3 is 0 Å². The first kappa shape index (κ1) is 8.48. The molecular formula is C9H17NO2. The first-order valence-corrected chi connectivity index (χ1v) is 4.82. The molecule has 2 rings (SSSR count). The van der Waals surface area contributed by atoms with E-state index in [-0.39, 0.29) is 0 Å². The summed E-state index contributed by atoms with van der Waals surface area (Å²) < 4.78 is 10.8. The zero-order valence-corrected chi connectivity index (χ0v) is 7.47. The van der Waals surface area contributed by atoms with Crippen molar-refractivity contribution < 1.29 is 9.47 Å². The standard InChI is InChI=1S/C9H17NO2/c1-5-11-6-2-9(1)3-7-12-8-4-10-9/h10H,1-8H2. The van der Waals surface area contributed by atoms with Gasteiger partial charge < -0.3 is 14.8 Å². The van der Waals surface area contributed by atoms with Crippen LogP contribution in [0.25, 0.3) is 0 Å². The van der Waals surface area contributed by atoms with Crippen LogP contribution in [-0.4, -0.2) is 38.5 Å². The molecule has 3 heteroatoms. The van der Waals surface area contributed by atoms with E-state index < -0.39 is 0 Å². The van der Waals surface area contributed by atoms with Gasteiger partial charge in [-0.15, -0.1) is 0 Å². The summed E-state index contributed by atoms with van der Waals surface area (Å²) in [6.45, 7) is 4.59. The SMILES string of the molecule is C1COCCC2(CCOCC2)N1. The summed E-state index contributed by atoms with van der Waals surface area (Å²) in [4.78, 5) is 0. The third kappa shape index (κ3) is 1.79. The highest BCUT2D eigenvalue weighted by Crippen LogP contribution is 2.25. The number of rotatable bonds is 0. The predicted molar refractivity (Wildman–Crippen MR) is 46.2 cm³/mol. The Hall–Kier alpha value is -0.120. The van der Waals surface area contributed by atoms with Gasteiger partial charge in [-0.25, -0.2) is 0 Å². The van der Waals surface area contributed by atoms with Crippen LogP contribution in [0.1, 0.15) is 19.3 Å². The summed E-state index contributed by atoms with van der Waals surface area (Å²) in [5, 5.41) is 3.59. The topological polar surface area (TPSA) is 30.5 Å². The molecular weight excluding hydrogens is 154 g/mol. The second-order valence-electron chi connectivity index (χ2n) is 3.68. The molecule has 0 saturated carbocycles. The fourth-order valence-electron chi connectivity index (χ4n) is 2.04. The molecule has 0 amide bonds. The van der Waals surface area contributed by atoms with Gasteiger partial charge in [0.1, 0.15) is 0 Å². The lowest BCUT2D eigenvalue weighted by atomic mass is 9.87. The fourth-order valence-corrected chi connectivity index (χ4v) is 2.04. The Morgan fingerprint density at radius 1 is 0.833 bits per heavy atom. The number of ether oxygens (including phenoxy) is 2. The van der Waals surface area contributed by atoms with Gasteiger partial charge in [-0.05, 0) is 19.3 Å². The summed E-state index contributed by atoms with van der Waals surface area (Å²) in [6.07, 6.45) is 3.45. The quantitative estimate of drug-likeness (QED) is 0.577. The highest BCUT2D eigenvalue weighted by Gasteiger charge is 2.32. The molecule has 0 bridgehead atoms. The van der Waals surface area contributed by atoms with Crippen molar-refractivity contribution in [2.45, 2.75) is 24.8 Å². The van der Waals surface area contributed by atoms with Crippen molar-refractivity contribution in [2.24, 2.45) is 0 Å². The van der Waals surface area contributed by atoms with Gasteiger partial charge in [0, 0.05) is 31.9 Å². The molecule has 0 aromatic rings. The van der Waals surface area contributed by atoms with E-state index >= 15 is 0 Å². The smallest absolute Gasteiger partial charge is 0.0591 e. The zero-order valence-electron chi connectivity index (χ0n) is 7.47. The Kier molecular flexibility index (Phi) is 2.63. The van der Waals surface area contributed by atoms with Crippen LogP contribution in [0.3, 0.4) is 0 Å². The molecule has 0 aromatic heterocycles. The lowest BCUT2D eigenvalue weighted by Crippen LogP contribution is -2.49. The minimum atomic E-state index is 0.342. The molecule has 0 unspecified atom stereocenters. The summed E-state index contributed by atoms with van der Waals surface area (Å²) in [6, 6.07) is 0. The molecule has 2 aliphatic heterocycles. The number of hydrogen-bond donors (Lipinski definition) is 1. The Balaban J connectivity index is 1.95. The minimum Gasteiger partial charge on any atom is -0.381 e. The molecule has 1 spiro atoms. The third-order valence-corrected chi connectivity index (χ3v) is 2.92. The second-order valence-corrected chi connectivity index (χ2v) is 3.68. The van der Waals surface area contributed by atoms with Crippen LogP contribution in [0, 0.1) is 0 Å². The third-order valence-electron chi connectivity index (χ3n) is 2.92. The molecule has 12 heavy (non-hydrogen) atoms. The second kappa shape index (κ2) is 3.73. The van der Waals surface area contributed by atoms with E-state index in [0.717, 1.165) is 52.2 Å². The molecule has 2 heterocycles. The van der Waals surface area contributed by atoms with Crippen LogP contribution in [0.5, 0.6) is 0 Å². The van der Waals surface area contributed by atoms with E-state index in [1.807, 2.05) is 0 Å². The summed E-state index contributed by atoms with van der Waals surface area (Å²) in [5.74, 6) is 0. The monoisotopic (exact) mass is 171 g/mol. The van der Waals surface area contributed by atoms with Gasteiger partial charge in [0.2, 0.25) is 0 Å². The normalized spacial score (nSPS) is 30.0. The average molecular weight is 171 g/mol. The van der Waals surface area contributed by atoms with Crippen LogP contribution in [0.15, 0.2) is 0 Å². The van der Waals surface area contributed by atoms with Gasteiger partial charge in [0.25, 0.3) is 0 Å². The van der Waals surface area contributed by atoms with Gasteiger partial charge in [-0.1, -0.05) is 0 Å². The van der Waals surface area contributed by atoms with E-state index in [2.05, 4.69) is 5.32 Å². The molecule has 70 valence electrons. The van der Waals surface area contributed by atoms with Gasteiger partial charge in [-0.2, -0.15) is 0 Å². The van der Waals surface area contributed by atoms with Crippen LogP contribution in [0.4, 0.5) is 0 Å². The van der Waals surface area contributed by atoms with Gasteiger partial charge in [0.05, 0.1) is 6.61 Å². The maximum Gasteiger partial charge on any atom is 0.0591 e. The fraction of sp³-hybridized carbons (Fsp3) is 1.00. The summed E-state index contributed by atoms with van der Waals surface area (Å²) in [5.41, 5.74) is 0.342. The van der Waals surface area contributed by atoms with Crippen LogP contribution in [-0.2, 0) is 9.47 Å². The Morgan fingerprint density at radius 3 is 2.08 bits per heavy atom. The zero-order chi connectivity index (χ0) is 8.28. The van der Waals surface area contributed by atoms with Crippen molar-refractivity contribution in [2.75, 3.05) is 33.0 Å².